The summed E-state index contributed by atoms with van der Waals surface area (Å²) >= 11 is 0. The summed E-state index contributed by atoms with van der Waals surface area (Å²) in [7, 11) is 0. The van der Waals surface area contributed by atoms with Gasteiger partial charge in [0.2, 0.25) is 0 Å². The number of hydrogen-bond donors (Lipinski definition) is 1. The monoisotopic (exact) mass is 508 g/mol. The van der Waals surface area contributed by atoms with E-state index < -0.39 is 23.0 Å². The highest BCUT2D eigenvalue weighted by atomic mass is 16.6. The Morgan fingerprint density at radius 3 is 2.51 bits per heavy atom. The van der Waals surface area contributed by atoms with Gasteiger partial charge in [-0.1, -0.05) is 32.6 Å². The predicted octanol–water partition coefficient (Wildman–Crippen LogP) is 3.81. The number of fused-ring (bicyclic) bond motifs is 4. The van der Waals surface area contributed by atoms with Crippen LogP contribution in [-0.4, -0.2) is 46.4 Å². The van der Waals surface area contributed by atoms with Crippen molar-refractivity contribution in [1.29, 1.82) is 0 Å². The molecule has 0 aromatic carbocycles. The number of Topliss-reactive ketones (excluding diaryl/α,β-unsaturated/α-hetero) is 1. The third kappa shape index (κ3) is 3.89. The van der Waals surface area contributed by atoms with E-state index in [1.54, 1.807) is 12.2 Å². The smallest absolute Gasteiger partial charge is 0.334 e. The Labute approximate surface area is 217 Å². The lowest BCUT2D eigenvalue weighted by atomic mass is 9.54. The molecule has 1 saturated carbocycles. The number of carbonyl (C=O) groups excluding carboxylic acids is 4. The Morgan fingerprint density at radius 2 is 1.84 bits per heavy atom. The Morgan fingerprint density at radius 1 is 1.11 bits per heavy atom. The lowest BCUT2D eigenvalue weighted by Gasteiger charge is -2.48. The van der Waals surface area contributed by atoms with Crippen LogP contribution in [-0.2, 0) is 28.7 Å². The normalized spacial score (nSPS) is 43.2. The van der Waals surface area contributed by atoms with Crippen LogP contribution >= 0.6 is 0 Å². The lowest BCUT2D eigenvalue weighted by Crippen LogP contribution is -2.53. The maximum atomic E-state index is 13.8. The highest BCUT2D eigenvalue weighted by molar-refractivity contribution is 6.03. The number of rotatable bonds is 3. The summed E-state index contributed by atoms with van der Waals surface area (Å²) in [5.41, 5.74) is -0.724. The standard InChI is InChI=1S/C30H36O7/c1-15-10-26-23(9-8-20(15)7-6-17(3)31)29(28(34)37-26)13-21-12-22-18(4)27(33)36-25(22)11-16(2)30(21,35)14-24(29)19(5)32/h6-8,14-16,21-23,25-26,35H,4,9-13H2,1-3,5H3/b7-6+/t15-,16-,21-,22-,23+,25+,26+,29+,30+/m0/s1. The summed E-state index contributed by atoms with van der Waals surface area (Å²) in [5.74, 6) is -2.17. The van der Waals surface area contributed by atoms with Crippen molar-refractivity contribution in [2.45, 2.75) is 77.6 Å². The Hall–Kier alpha value is -2.80. The van der Waals surface area contributed by atoms with Gasteiger partial charge in [0.15, 0.2) is 11.6 Å². The topological polar surface area (TPSA) is 107 Å². The van der Waals surface area contributed by atoms with Gasteiger partial charge in [0.25, 0.3) is 0 Å². The first-order valence-corrected chi connectivity index (χ1v) is 13.3. The molecular formula is C30H36O7. The molecule has 2 heterocycles. The van der Waals surface area contributed by atoms with Gasteiger partial charge in [-0.15, -0.1) is 0 Å². The van der Waals surface area contributed by atoms with Crippen LogP contribution < -0.4 is 0 Å². The zero-order valence-electron chi connectivity index (χ0n) is 22.0. The second kappa shape index (κ2) is 8.90. The van der Waals surface area contributed by atoms with Crippen LogP contribution in [0.4, 0.5) is 0 Å². The predicted molar refractivity (Wildman–Crippen MR) is 135 cm³/mol. The fourth-order valence-electron chi connectivity index (χ4n) is 7.69. The molecule has 198 valence electrons. The van der Waals surface area contributed by atoms with Crippen molar-refractivity contribution < 1.29 is 33.8 Å². The first-order chi connectivity index (χ1) is 17.4. The van der Waals surface area contributed by atoms with Crippen molar-refractivity contribution in [3.8, 4) is 0 Å². The largest absolute Gasteiger partial charge is 0.461 e. The summed E-state index contributed by atoms with van der Waals surface area (Å²) < 4.78 is 11.6. The minimum atomic E-state index is -1.31. The van der Waals surface area contributed by atoms with Gasteiger partial charge in [-0.05, 0) is 81.4 Å². The fraction of sp³-hybridized carbons (Fsp3) is 0.600. The molecule has 5 aliphatic rings. The summed E-state index contributed by atoms with van der Waals surface area (Å²) in [6.45, 7) is 10.9. The van der Waals surface area contributed by atoms with Crippen LogP contribution in [0.1, 0.15) is 59.8 Å². The minimum absolute atomic E-state index is 0.0365. The molecule has 0 radical (unpaired) electrons. The Kier molecular flexibility index (Phi) is 6.21. The van der Waals surface area contributed by atoms with E-state index in [4.69, 9.17) is 9.47 Å². The molecule has 2 aliphatic heterocycles. The molecule has 1 N–H and O–H groups in total. The van der Waals surface area contributed by atoms with Crippen LogP contribution in [0.5, 0.6) is 0 Å². The molecule has 0 aromatic rings. The number of aliphatic hydroxyl groups is 1. The van der Waals surface area contributed by atoms with E-state index in [1.807, 2.05) is 13.0 Å². The van der Waals surface area contributed by atoms with Crippen LogP contribution in [0, 0.1) is 35.0 Å². The summed E-state index contributed by atoms with van der Waals surface area (Å²) in [6, 6.07) is 0. The Bertz CT molecular complexity index is 1170. The van der Waals surface area contributed by atoms with Crippen LogP contribution in [0.3, 0.4) is 0 Å². The van der Waals surface area contributed by atoms with Gasteiger partial charge in [0.05, 0.1) is 5.60 Å². The Balaban J connectivity index is 1.59. The molecule has 0 amide bonds. The number of ether oxygens (including phenoxy) is 2. The average Bonchev–Trinajstić information content (AvgIpc) is 3.09. The van der Waals surface area contributed by atoms with Crippen LogP contribution in [0.25, 0.3) is 0 Å². The van der Waals surface area contributed by atoms with E-state index in [0.717, 1.165) is 5.57 Å². The van der Waals surface area contributed by atoms with E-state index >= 15 is 0 Å². The first-order valence-electron chi connectivity index (χ1n) is 13.3. The zero-order chi connectivity index (χ0) is 26.9. The quantitative estimate of drug-likeness (QED) is 0.456. The molecule has 0 bridgehead atoms. The van der Waals surface area contributed by atoms with Crippen molar-refractivity contribution in [2.24, 2.45) is 35.0 Å². The second-order valence-corrected chi connectivity index (χ2v) is 11.9. The molecule has 3 aliphatic carbocycles. The molecular weight excluding hydrogens is 472 g/mol. The van der Waals surface area contributed by atoms with Gasteiger partial charge < -0.3 is 14.6 Å². The van der Waals surface area contributed by atoms with Crippen molar-refractivity contribution in [3.63, 3.8) is 0 Å². The van der Waals surface area contributed by atoms with E-state index in [9.17, 15) is 24.3 Å². The van der Waals surface area contributed by atoms with Crippen LogP contribution in [0.2, 0.25) is 0 Å². The average molecular weight is 509 g/mol. The van der Waals surface area contributed by atoms with E-state index in [2.05, 4.69) is 19.6 Å². The summed E-state index contributed by atoms with van der Waals surface area (Å²) in [6.07, 6.45) is 8.64. The first kappa shape index (κ1) is 25.8. The molecule has 0 aromatic heterocycles. The van der Waals surface area contributed by atoms with Gasteiger partial charge in [-0.3, -0.25) is 14.4 Å². The number of ketones is 2. The molecule has 1 spiro atoms. The van der Waals surface area contributed by atoms with Gasteiger partial charge >= 0.3 is 11.9 Å². The third-order valence-electron chi connectivity index (χ3n) is 9.77. The van der Waals surface area contributed by atoms with Crippen LogP contribution in [0.15, 0.2) is 47.6 Å². The molecule has 2 saturated heterocycles. The highest BCUT2D eigenvalue weighted by Gasteiger charge is 2.66. The second-order valence-electron chi connectivity index (χ2n) is 11.9. The van der Waals surface area contributed by atoms with Crippen molar-refractivity contribution >= 4 is 23.5 Å². The third-order valence-corrected chi connectivity index (χ3v) is 9.77. The van der Waals surface area contributed by atoms with Crippen molar-refractivity contribution in [3.05, 3.63) is 47.6 Å². The fourth-order valence-corrected chi connectivity index (χ4v) is 7.69. The summed E-state index contributed by atoms with van der Waals surface area (Å²) in [4.78, 5) is 50.7. The number of hydrogen-bond acceptors (Lipinski definition) is 7. The van der Waals surface area contributed by atoms with Gasteiger partial charge in [0, 0.05) is 23.0 Å². The SMILES string of the molecule is C=C1C(=O)O[C@@H]2C[C@H](C)[C@]3(O)C=C(C(C)=O)[C@]4(C[C@@H]3C[C@@H]12)C(=O)O[C@@H]1C[C@H](C)C(/C=C/C(C)=O)=CC[C@H]14. The number of esters is 2. The number of allylic oxidation sites excluding steroid dienone is 4. The molecule has 7 heteroatoms. The van der Waals surface area contributed by atoms with Gasteiger partial charge in [-0.2, -0.15) is 0 Å². The van der Waals surface area contributed by atoms with Gasteiger partial charge in [-0.25, -0.2) is 4.79 Å². The van der Waals surface area contributed by atoms with Crippen molar-refractivity contribution in [2.75, 3.05) is 0 Å². The van der Waals surface area contributed by atoms with E-state index in [1.165, 1.54) is 13.8 Å². The molecule has 5 rings (SSSR count). The van der Waals surface area contributed by atoms with Crippen molar-refractivity contribution in [1.82, 2.24) is 0 Å². The molecule has 0 unspecified atom stereocenters. The number of carbonyl (C=O) groups is 4. The highest BCUT2D eigenvalue weighted by Crippen LogP contribution is 2.61. The van der Waals surface area contributed by atoms with E-state index in [-0.39, 0.29) is 59.8 Å². The molecule has 37 heavy (non-hydrogen) atoms. The van der Waals surface area contributed by atoms with E-state index in [0.29, 0.717) is 36.8 Å². The minimum Gasteiger partial charge on any atom is -0.461 e. The zero-order valence-corrected chi connectivity index (χ0v) is 22.0. The molecule has 9 atom stereocenters. The molecule has 7 nitrogen and oxygen atoms in total. The lowest BCUT2D eigenvalue weighted by molar-refractivity contribution is -0.151. The van der Waals surface area contributed by atoms with Gasteiger partial charge in [0.1, 0.15) is 17.6 Å². The molecule has 3 fully saturated rings. The maximum absolute atomic E-state index is 13.8. The summed E-state index contributed by atoms with van der Waals surface area (Å²) in [5, 5.41) is 12.0. The maximum Gasteiger partial charge on any atom is 0.334 e.